The van der Waals surface area contributed by atoms with Crippen molar-refractivity contribution < 1.29 is 37.6 Å². The number of phosphoric acid groups is 1. The molecule has 0 amide bonds. The summed E-state index contributed by atoms with van der Waals surface area (Å²) in [7, 11) is -4.40. The number of ether oxygens (including phenoxy) is 2. The smallest absolute Gasteiger partial charge is 0.462 e. The summed E-state index contributed by atoms with van der Waals surface area (Å²) in [6.45, 7) is 21.9. The summed E-state index contributed by atoms with van der Waals surface area (Å²) >= 11 is 0. The molecule has 0 saturated heterocycles. The van der Waals surface area contributed by atoms with E-state index in [1.54, 1.807) is 0 Å². The molecule has 328 valence electrons. The van der Waals surface area contributed by atoms with E-state index in [2.05, 4.69) is 62.3 Å². The molecule has 9 nitrogen and oxygen atoms in total. The van der Waals surface area contributed by atoms with Crippen LogP contribution in [0.4, 0.5) is 0 Å². The second kappa shape index (κ2) is 32.9. The third kappa shape index (κ3) is 34.7. The third-order valence-electron chi connectivity index (χ3n) is 11.1. The zero-order valence-electron chi connectivity index (χ0n) is 37.5. The largest absolute Gasteiger partial charge is 0.472 e. The van der Waals surface area contributed by atoms with Crippen LogP contribution in [0.5, 0.6) is 0 Å². The molecule has 0 rings (SSSR count). The lowest BCUT2D eigenvalue weighted by atomic mass is 9.91. The lowest BCUT2D eigenvalue weighted by Crippen LogP contribution is -2.30. The third-order valence-corrected chi connectivity index (χ3v) is 12.1. The van der Waals surface area contributed by atoms with Crippen molar-refractivity contribution in [2.45, 2.75) is 204 Å². The Kier molecular flexibility index (Phi) is 32.3. The fourth-order valence-corrected chi connectivity index (χ4v) is 8.10. The van der Waals surface area contributed by atoms with Gasteiger partial charge < -0.3 is 20.1 Å². The molecule has 0 aromatic heterocycles. The Morgan fingerprint density at radius 1 is 0.509 bits per heavy atom. The predicted molar refractivity (Wildman–Crippen MR) is 229 cm³/mol. The monoisotopic (exact) mass is 804 g/mol. The quantitative estimate of drug-likeness (QED) is 0.0465. The van der Waals surface area contributed by atoms with E-state index >= 15 is 0 Å². The number of phosphoric ester groups is 1. The normalized spacial score (nSPS) is 17.0. The van der Waals surface area contributed by atoms with E-state index in [4.69, 9.17) is 24.3 Å². The van der Waals surface area contributed by atoms with Crippen LogP contribution >= 0.6 is 7.82 Å². The molecule has 0 bridgehead atoms. The minimum absolute atomic E-state index is 0.0490. The highest BCUT2D eigenvalue weighted by Gasteiger charge is 2.27. The van der Waals surface area contributed by atoms with Crippen LogP contribution in [0.3, 0.4) is 0 Å². The molecule has 0 heterocycles. The van der Waals surface area contributed by atoms with Crippen LogP contribution in [-0.2, 0) is 32.7 Å². The molecular weight excluding hydrogens is 713 g/mol. The van der Waals surface area contributed by atoms with Gasteiger partial charge in [-0.05, 0) is 47.3 Å². The van der Waals surface area contributed by atoms with Crippen molar-refractivity contribution in [3.63, 3.8) is 0 Å². The number of nitrogens with two attached hydrogens (primary N) is 1. The molecule has 0 radical (unpaired) electrons. The van der Waals surface area contributed by atoms with E-state index in [-0.39, 0.29) is 50.4 Å². The van der Waals surface area contributed by atoms with E-state index in [9.17, 15) is 19.0 Å². The van der Waals surface area contributed by atoms with Crippen LogP contribution in [0.25, 0.3) is 0 Å². The molecule has 10 heteroatoms. The van der Waals surface area contributed by atoms with Gasteiger partial charge in [0.25, 0.3) is 0 Å². The Morgan fingerprint density at radius 3 is 1.22 bits per heavy atom. The number of hydrogen-bond acceptors (Lipinski definition) is 8. The van der Waals surface area contributed by atoms with Gasteiger partial charge in [-0.3, -0.25) is 18.6 Å². The van der Waals surface area contributed by atoms with Gasteiger partial charge in [-0.15, -0.1) is 0 Å². The van der Waals surface area contributed by atoms with Crippen LogP contribution in [0.1, 0.15) is 198 Å². The van der Waals surface area contributed by atoms with Crippen molar-refractivity contribution in [1.82, 2.24) is 0 Å². The van der Waals surface area contributed by atoms with Crippen LogP contribution in [0.2, 0.25) is 0 Å². The molecule has 3 N–H and O–H groups in total. The molecule has 1 unspecified atom stereocenters. The fraction of sp³-hybridized carbons (Fsp3) is 0.956. The van der Waals surface area contributed by atoms with Gasteiger partial charge in [-0.2, -0.15) is 0 Å². The van der Waals surface area contributed by atoms with Gasteiger partial charge in [-0.25, -0.2) is 4.57 Å². The molecule has 0 aliphatic carbocycles. The highest BCUT2D eigenvalue weighted by molar-refractivity contribution is 7.47. The van der Waals surface area contributed by atoms with E-state index in [0.29, 0.717) is 11.8 Å². The fourth-order valence-electron chi connectivity index (χ4n) is 7.34. The Morgan fingerprint density at radius 2 is 0.855 bits per heavy atom. The molecule has 0 saturated carbocycles. The standard InChI is InChI=1S/C45H90NO8P/c1-35(2)17-11-19-37(5)21-13-23-39(7)25-15-27-41(9)31-44(47)51-33-43(34-53-55(49,50)52-30-29-46)54-45(48)32-42(10)28-16-26-40(8)24-14-22-38(6)20-12-18-36(3)4/h35-43H,11-34,46H2,1-10H3,(H,49,50)/t37-,38-,39-,40+,41-,42+,43+/m0/s1. The summed E-state index contributed by atoms with van der Waals surface area (Å²) < 4.78 is 33.3. The lowest BCUT2D eigenvalue weighted by Gasteiger charge is -2.21. The molecule has 55 heavy (non-hydrogen) atoms. The molecule has 0 spiro atoms. The van der Waals surface area contributed by atoms with Crippen molar-refractivity contribution in [3.8, 4) is 0 Å². The highest BCUT2D eigenvalue weighted by Crippen LogP contribution is 2.43. The van der Waals surface area contributed by atoms with Crippen molar-refractivity contribution in [2.24, 2.45) is 53.1 Å². The first-order valence-corrected chi connectivity index (χ1v) is 24.1. The molecule has 0 aliphatic heterocycles. The first-order valence-electron chi connectivity index (χ1n) is 22.6. The maximum Gasteiger partial charge on any atom is 0.472 e. The maximum absolute atomic E-state index is 12.9. The van der Waals surface area contributed by atoms with Crippen LogP contribution in [0, 0.1) is 47.3 Å². The van der Waals surface area contributed by atoms with Gasteiger partial charge in [0.1, 0.15) is 6.61 Å². The summed E-state index contributed by atoms with van der Waals surface area (Å²) in [6, 6.07) is 0. The molecule has 0 aliphatic rings. The zero-order chi connectivity index (χ0) is 41.6. The van der Waals surface area contributed by atoms with Crippen molar-refractivity contribution in [2.75, 3.05) is 26.4 Å². The van der Waals surface area contributed by atoms with Gasteiger partial charge in [-0.1, -0.05) is 185 Å². The Bertz CT molecular complexity index is 994. The second-order valence-electron chi connectivity index (χ2n) is 18.6. The topological polar surface area (TPSA) is 134 Å². The summed E-state index contributed by atoms with van der Waals surface area (Å²) in [6.07, 6.45) is 21.3. The number of rotatable bonds is 37. The minimum Gasteiger partial charge on any atom is -0.462 e. The van der Waals surface area contributed by atoms with E-state index in [1.165, 1.54) is 77.0 Å². The zero-order valence-corrected chi connectivity index (χ0v) is 38.4. The lowest BCUT2D eigenvalue weighted by molar-refractivity contribution is -0.162. The van der Waals surface area contributed by atoms with Gasteiger partial charge in [0.05, 0.1) is 13.2 Å². The van der Waals surface area contributed by atoms with E-state index in [0.717, 1.165) is 62.2 Å². The summed E-state index contributed by atoms with van der Waals surface area (Å²) in [5.41, 5.74) is 5.38. The van der Waals surface area contributed by atoms with E-state index in [1.807, 2.05) is 6.92 Å². The van der Waals surface area contributed by atoms with Gasteiger partial charge in [0.2, 0.25) is 0 Å². The number of esters is 2. The summed E-state index contributed by atoms with van der Waals surface area (Å²) in [5, 5.41) is 0. The van der Waals surface area contributed by atoms with Crippen LogP contribution in [0.15, 0.2) is 0 Å². The molecular formula is C45H90NO8P. The Hall–Kier alpha value is -0.990. The molecule has 0 fully saturated rings. The van der Waals surface area contributed by atoms with Gasteiger partial charge >= 0.3 is 19.8 Å². The first kappa shape index (κ1) is 54.0. The number of hydrogen-bond donors (Lipinski definition) is 2. The first-order chi connectivity index (χ1) is 25.9. The average Bonchev–Trinajstić information content (AvgIpc) is 3.08. The Labute approximate surface area is 339 Å². The summed E-state index contributed by atoms with van der Waals surface area (Å²) in [4.78, 5) is 35.7. The SMILES string of the molecule is CC(C)CCC[C@H](C)CCC[C@@H](C)CCC[C@@H](C)CC(=O)O[C@H](COC(=O)C[C@@H](C)CCC[C@@H](C)CCC[C@@H](C)CCCC(C)C)COP(=O)(O)OCCN. The highest BCUT2D eigenvalue weighted by atomic mass is 31.2. The van der Waals surface area contributed by atoms with Crippen molar-refractivity contribution in [1.29, 1.82) is 0 Å². The maximum atomic E-state index is 12.9. The minimum atomic E-state index is -4.40. The molecule has 0 aromatic rings. The van der Waals surface area contributed by atoms with Gasteiger partial charge in [0.15, 0.2) is 6.10 Å². The second-order valence-corrected chi connectivity index (χ2v) is 20.0. The summed E-state index contributed by atoms with van der Waals surface area (Å²) in [5.74, 6) is 3.95. The van der Waals surface area contributed by atoms with Crippen LogP contribution in [-0.4, -0.2) is 49.3 Å². The average molecular weight is 804 g/mol. The molecule has 0 aromatic carbocycles. The number of carbonyl (C=O) groups excluding carboxylic acids is 2. The van der Waals surface area contributed by atoms with Gasteiger partial charge in [0, 0.05) is 19.4 Å². The van der Waals surface area contributed by atoms with Crippen molar-refractivity contribution in [3.05, 3.63) is 0 Å². The van der Waals surface area contributed by atoms with Crippen LogP contribution < -0.4 is 5.73 Å². The van der Waals surface area contributed by atoms with Crippen molar-refractivity contribution >= 4 is 19.8 Å². The molecule has 8 atom stereocenters. The predicted octanol–water partition coefficient (Wildman–Crippen LogP) is 12.5. The number of carbonyl (C=O) groups is 2. The Balaban J connectivity index is 4.65. The van der Waals surface area contributed by atoms with E-state index < -0.39 is 26.5 Å².